The van der Waals surface area contributed by atoms with Crippen molar-refractivity contribution in [1.29, 1.82) is 0 Å². The summed E-state index contributed by atoms with van der Waals surface area (Å²) in [6, 6.07) is 8.46. The van der Waals surface area contributed by atoms with E-state index in [0.717, 1.165) is 129 Å². The standard InChI is InChI=1S/C38H34N8S2/c1-5-7-9-21-19(3)27-15-31-23-11-13-25-37(45-47-43-25)35(23)33(41-31)18-34-36-24(12-14-26-38(36)46-48-44-26)32(42-34)16-28-20(4)22(10-8-6-2)30(40-28)17-29(21)39-27/h11-18,43,45H,5-10H2,1-4H3. The molecule has 10 heteroatoms. The van der Waals surface area contributed by atoms with Crippen LogP contribution < -0.4 is 9.44 Å². The van der Waals surface area contributed by atoms with Crippen molar-refractivity contribution in [2.24, 2.45) is 20.0 Å². The van der Waals surface area contributed by atoms with Gasteiger partial charge in [0.25, 0.3) is 0 Å². The van der Waals surface area contributed by atoms with Gasteiger partial charge in [0.1, 0.15) is 11.0 Å². The van der Waals surface area contributed by atoms with Crippen LogP contribution in [-0.2, 0) is 0 Å². The normalized spacial score (nSPS) is 18.8. The lowest BCUT2D eigenvalue weighted by Gasteiger charge is -2.08. The fourth-order valence-electron chi connectivity index (χ4n) is 7.28. The van der Waals surface area contributed by atoms with Gasteiger partial charge in [0, 0.05) is 22.3 Å². The van der Waals surface area contributed by atoms with Crippen molar-refractivity contribution in [3.8, 4) is 0 Å². The number of aliphatic imine (C=N–C) groups is 4. The van der Waals surface area contributed by atoms with Crippen LogP contribution in [0.2, 0.25) is 0 Å². The summed E-state index contributed by atoms with van der Waals surface area (Å²) < 4.78 is 16.2. The zero-order chi connectivity index (χ0) is 32.5. The zero-order valence-corrected chi connectivity index (χ0v) is 29.0. The molecule has 0 aliphatic carbocycles. The van der Waals surface area contributed by atoms with Crippen molar-refractivity contribution in [3.05, 3.63) is 105 Å². The Morgan fingerprint density at radius 2 is 1.31 bits per heavy atom. The third kappa shape index (κ3) is 4.57. The van der Waals surface area contributed by atoms with Crippen molar-refractivity contribution in [3.63, 3.8) is 0 Å². The number of benzene rings is 2. The highest BCUT2D eigenvalue weighted by Crippen LogP contribution is 2.46. The molecular weight excluding hydrogens is 633 g/mol. The predicted octanol–water partition coefficient (Wildman–Crippen LogP) is 9.78. The molecular formula is C38H34N8S2. The predicted molar refractivity (Wildman–Crippen MR) is 203 cm³/mol. The number of anilines is 2. The number of unbranched alkanes of at least 4 members (excludes halogenated alkanes) is 2. The first-order valence-electron chi connectivity index (χ1n) is 16.8. The number of allylic oxidation sites excluding steroid dienone is 8. The molecule has 0 atom stereocenters. The van der Waals surface area contributed by atoms with Crippen LogP contribution in [0.1, 0.15) is 88.5 Å². The molecule has 0 amide bonds. The molecule has 9 rings (SSSR count). The summed E-state index contributed by atoms with van der Waals surface area (Å²) in [6.07, 6.45) is 15.1. The average molecular weight is 667 g/mol. The molecule has 3 aromatic rings. The van der Waals surface area contributed by atoms with Crippen molar-refractivity contribution in [2.45, 2.75) is 66.2 Å². The molecule has 48 heavy (non-hydrogen) atoms. The molecule has 0 radical (unpaired) electrons. The molecule has 0 fully saturated rings. The Kier molecular flexibility index (Phi) is 7.05. The first-order chi connectivity index (χ1) is 23.5. The van der Waals surface area contributed by atoms with Gasteiger partial charge < -0.3 is 9.44 Å². The van der Waals surface area contributed by atoms with Gasteiger partial charge in [0.05, 0.1) is 80.9 Å². The van der Waals surface area contributed by atoms with Gasteiger partial charge in [-0.1, -0.05) is 26.7 Å². The quantitative estimate of drug-likeness (QED) is 0.255. The van der Waals surface area contributed by atoms with Crippen molar-refractivity contribution >= 4 is 80.5 Å². The first kappa shape index (κ1) is 29.5. The second-order valence-electron chi connectivity index (χ2n) is 12.9. The highest BCUT2D eigenvalue weighted by Gasteiger charge is 2.32. The van der Waals surface area contributed by atoms with E-state index in [1.54, 1.807) is 0 Å². The van der Waals surface area contributed by atoms with E-state index in [4.69, 9.17) is 24.3 Å². The van der Waals surface area contributed by atoms with Crippen LogP contribution in [0.3, 0.4) is 0 Å². The maximum absolute atomic E-state index is 5.31. The molecule has 0 saturated heterocycles. The van der Waals surface area contributed by atoms with Gasteiger partial charge in [-0.05, 0) is 110 Å². The number of hydrogen-bond donors (Lipinski definition) is 2. The van der Waals surface area contributed by atoms with E-state index in [2.05, 4.69) is 84.0 Å². The van der Waals surface area contributed by atoms with E-state index in [1.165, 1.54) is 46.2 Å². The Labute approximate surface area is 288 Å². The minimum atomic E-state index is 0.831. The maximum Gasteiger partial charge on any atom is 0.114 e. The molecule has 6 aliphatic rings. The zero-order valence-electron chi connectivity index (χ0n) is 27.4. The molecule has 7 heterocycles. The van der Waals surface area contributed by atoms with Gasteiger partial charge in [-0.3, -0.25) is 0 Å². The molecule has 2 aromatic carbocycles. The van der Waals surface area contributed by atoms with Crippen molar-refractivity contribution < 1.29 is 0 Å². The van der Waals surface area contributed by atoms with Crippen LogP contribution >= 0.6 is 23.9 Å². The molecule has 8 nitrogen and oxygen atoms in total. The van der Waals surface area contributed by atoms with E-state index in [9.17, 15) is 0 Å². The van der Waals surface area contributed by atoms with Crippen LogP contribution in [0, 0.1) is 0 Å². The first-order valence-corrected chi connectivity index (χ1v) is 18.3. The maximum atomic E-state index is 5.31. The second kappa shape index (κ2) is 11.5. The fourth-order valence-corrected chi connectivity index (χ4v) is 8.47. The lowest BCUT2D eigenvalue weighted by molar-refractivity contribution is 0.789. The SMILES string of the molecule is CCCCC1=C(C)C2=NC1=CC1=NC(=CC3=NC(=CC4=NC(=C2)c2ccc5nsnc5c24)c2c3ccc3c2NSN3)C(C)=C1CCCC. The van der Waals surface area contributed by atoms with Crippen molar-refractivity contribution in [1.82, 2.24) is 8.75 Å². The van der Waals surface area contributed by atoms with Gasteiger partial charge >= 0.3 is 0 Å². The largest absolute Gasteiger partial charge is 0.310 e. The summed E-state index contributed by atoms with van der Waals surface area (Å²) in [7, 11) is 0. The molecule has 0 unspecified atom stereocenters. The molecule has 1 aromatic heterocycles. The van der Waals surface area contributed by atoms with Gasteiger partial charge in [-0.25, -0.2) is 20.0 Å². The highest BCUT2D eigenvalue weighted by molar-refractivity contribution is 8.02. The summed E-state index contributed by atoms with van der Waals surface area (Å²) in [5.41, 5.74) is 20.4. The Morgan fingerprint density at radius 3 is 2.17 bits per heavy atom. The van der Waals surface area contributed by atoms with Crippen molar-refractivity contribution in [2.75, 3.05) is 9.44 Å². The van der Waals surface area contributed by atoms with E-state index in [0.29, 0.717) is 0 Å². The third-order valence-electron chi connectivity index (χ3n) is 9.92. The van der Waals surface area contributed by atoms with E-state index in [1.807, 2.05) is 6.07 Å². The second-order valence-corrected chi connectivity index (χ2v) is 14.0. The lowest BCUT2D eigenvalue weighted by Crippen LogP contribution is -2.00. The van der Waals surface area contributed by atoms with Crippen LogP contribution in [-0.4, -0.2) is 31.6 Å². The molecule has 0 spiro atoms. The molecule has 0 saturated carbocycles. The smallest absolute Gasteiger partial charge is 0.114 e. The summed E-state index contributed by atoms with van der Waals surface area (Å²) in [6.45, 7) is 8.91. The van der Waals surface area contributed by atoms with Crippen LogP contribution in [0.4, 0.5) is 11.4 Å². The Balaban J connectivity index is 1.33. The summed E-state index contributed by atoms with van der Waals surface area (Å²) in [5.74, 6) is 0. The number of hydrogen-bond acceptors (Lipinski definition) is 10. The number of nitrogens with one attached hydrogen (secondary N) is 2. The fraction of sp³-hybridized carbons (Fsp3) is 0.263. The number of rotatable bonds is 6. The van der Waals surface area contributed by atoms with Gasteiger partial charge in [0.2, 0.25) is 0 Å². The van der Waals surface area contributed by atoms with Crippen LogP contribution in [0.5, 0.6) is 0 Å². The number of aromatic nitrogens is 2. The highest BCUT2D eigenvalue weighted by atomic mass is 32.2. The average Bonchev–Trinajstić information content (AvgIpc) is 3.93. The van der Waals surface area contributed by atoms with Crippen LogP contribution in [0.15, 0.2) is 102 Å². The van der Waals surface area contributed by atoms with E-state index in [-0.39, 0.29) is 0 Å². The topological polar surface area (TPSA) is 99.3 Å². The summed E-state index contributed by atoms with van der Waals surface area (Å²) >= 11 is 2.71. The minimum absolute atomic E-state index is 0.831. The van der Waals surface area contributed by atoms with Gasteiger partial charge in [-0.15, -0.1) is 0 Å². The summed E-state index contributed by atoms with van der Waals surface area (Å²) in [5, 5.41) is 0. The van der Waals surface area contributed by atoms with Crippen LogP contribution in [0.25, 0.3) is 22.4 Å². The molecule has 8 bridgehead atoms. The van der Waals surface area contributed by atoms with Gasteiger partial charge in [-0.2, -0.15) is 8.75 Å². The Morgan fingerprint density at radius 1 is 0.604 bits per heavy atom. The molecule has 2 N–H and O–H groups in total. The summed E-state index contributed by atoms with van der Waals surface area (Å²) in [4.78, 5) is 21.2. The van der Waals surface area contributed by atoms with E-state index < -0.39 is 0 Å². The monoisotopic (exact) mass is 666 g/mol. The minimum Gasteiger partial charge on any atom is -0.310 e. The molecule has 6 aliphatic heterocycles. The van der Waals surface area contributed by atoms with E-state index >= 15 is 0 Å². The lowest BCUT2D eigenvalue weighted by atomic mass is 9.95. The number of fused-ring (bicyclic) bond motifs is 14. The Bertz CT molecular complexity index is 2300. The number of nitrogens with zero attached hydrogens (tertiary/aromatic N) is 6. The third-order valence-corrected chi connectivity index (χ3v) is 11.1. The van der Waals surface area contributed by atoms with Gasteiger partial charge in [0.15, 0.2) is 0 Å². The molecule has 238 valence electrons. The Hall–Kier alpha value is -4.67.